The van der Waals surface area contributed by atoms with Crippen molar-refractivity contribution in [1.29, 1.82) is 0 Å². The third kappa shape index (κ3) is 15.4. The molecule has 0 amide bonds. The van der Waals surface area contributed by atoms with Crippen molar-refractivity contribution in [3.05, 3.63) is 142 Å². The van der Waals surface area contributed by atoms with E-state index in [0.29, 0.717) is 104 Å². The zero-order valence-corrected chi connectivity index (χ0v) is 43.3. The van der Waals surface area contributed by atoms with Gasteiger partial charge in [0.2, 0.25) is 0 Å². The van der Waals surface area contributed by atoms with Gasteiger partial charge in [-0.15, -0.1) is 11.6 Å². The smallest absolute Gasteiger partial charge is 0.181 e. The van der Waals surface area contributed by atoms with Gasteiger partial charge in [0.15, 0.2) is 35.9 Å². The number of Topliss-reactive ketones (excluding diaryl/α,β-unsaturated/α-hetero) is 2. The van der Waals surface area contributed by atoms with Crippen molar-refractivity contribution in [1.82, 2.24) is 30.2 Å². The summed E-state index contributed by atoms with van der Waals surface area (Å²) in [5, 5.41) is 29.9. The van der Waals surface area contributed by atoms with Crippen LogP contribution in [0.5, 0.6) is 11.5 Å². The van der Waals surface area contributed by atoms with E-state index in [4.69, 9.17) is 29.9 Å². The SMILES string of the molecule is Cc1c(OCc2cnco2)cc(F)c2c1CCN(C[C@@H](O)CCC(=O)c1ccnc(NC3CCC3)c1)C2.Cc1c(OCc2cnco2)cc(F)c2c1CCNC2.O=C(CC[C@H](O)CCl)c1ccnc(NC2CCC2)c1. The average molecular weight is 1050 g/mol. The van der Waals surface area contributed by atoms with E-state index in [0.717, 1.165) is 65.3 Å². The molecule has 2 atom stereocenters. The predicted octanol–water partition coefficient (Wildman–Crippen LogP) is 9.40. The summed E-state index contributed by atoms with van der Waals surface area (Å²) in [4.78, 5) is 42.9. The van der Waals surface area contributed by atoms with Crippen molar-refractivity contribution in [3.63, 3.8) is 0 Å². The number of rotatable bonds is 21. The van der Waals surface area contributed by atoms with Crippen molar-refractivity contribution in [3.8, 4) is 11.5 Å². The lowest BCUT2D eigenvalue weighted by Crippen LogP contribution is -2.37. The Labute approximate surface area is 441 Å². The number of aliphatic hydroxyl groups is 2. The van der Waals surface area contributed by atoms with Gasteiger partial charge in [0.05, 0.1) is 24.6 Å². The quantitative estimate of drug-likeness (QED) is 0.0336. The molecule has 2 fully saturated rings. The van der Waals surface area contributed by atoms with Crippen LogP contribution >= 0.6 is 11.6 Å². The molecule has 6 aromatic rings. The first-order valence-corrected chi connectivity index (χ1v) is 26.4. The highest BCUT2D eigenvalue weighted by Gasteiger charge is 2.26. The number of halogens is 3. The Bertz CT molecular complexity index is 2810. The number of β-amino-alcohol motifs (C(OH)–C–C–N with tert-alkyl or cyclic N) is 1. The molecule has 19 heteroatoms. The van der Waals surface area contributed by atoms with Gasteiger partial charge in [-0.05, 0) is 131 Å². The topological polar surface area (TPSA) is 210 Å². The first kappa shape index (κ1) is 54.9. The molecule has 0 saturated heterocycles. The third-order valence-electron chi connectivity index (χ3n) is 14.2. The van der Waals surface area contributed by atoms with Crippen molar-refractivity contribution >= 4 is 34.8 Å². The highest BCUT2D eigenvalue weighted by atomic mass is 35.5. The van der Waals surface area contributed by atoms with E-state index in [2.05, 4.69) is 35.9 Å². The fourth-order valence-corrected chi connectivity index (χ4v) is 9.47. The lowest BCUT2D eigenvalue weighted by Gasteiger charge is -2.32. The maximum absolute atomic E-state index is 15.0. The normalized spacial score (nSPS) is 16.0. The zero-order valence-electron chi connectivity index (χ0n) is 42.6. The second kappa shape index (κ2) is 27.0. The highest BCUT2D eigenvalue weighted by Crippen LogP contribution is 2.34. The van der Waals surface area contributed by atoms with E-state index < -0.39 is 12.2 Å². The minimum Gasteiger partial charge on any atom is -0.485 e. The molecule has 0 unspecified atom stereocenters. The molecule has 5 N–H and O–H groups in total. The van der Waals surface area contributed by atoms with Crippen LogP contribution in [0.25, 0.3) is 0 Å². The van der Waals surface area contributed by atoms with Crippen LogP contribution < -0.4 is 25.4 Å². The van der Waals surface area contributed by atoms with Crippen LogP contribution in [0.1, 0.15) is 130 Å². The van der Waals surface area contributed by atoms with Crippen molar-refractivity contribution in [2.45, 2.75) is 141 Å². The van der Waals surface area contributed by atoms with Crippen molar-refractivity contribution < 1.29 is 46.9 Å². The second-order valence-corrected chi connectivity index (χ2v) is 19.9. The number of carbonyl (C=O) groups is 2. The molecule has 10 rings (SSSR count). The summed E-state index contributed by atoms with van der Waals surface area (Å²) < 4.78 is 50.7. The number of carbonyl (C=O) groups excluding carboxylic acids is 2. The summed E-state index contributed by atoms with van der Waals surface area (Å²) in [5.41, 5.74) is 6.60. The molecule has 0 spiro atoms. The van der Waals surface area contributed by atoms with Gasteiger partial charge < -0.3 is 44.5 Å². The Morgan fingerprint density at radius 3 is 1.77 bits per heavy atom. The molecular formula is C56H67ClF2N8O8. The van der Waals surface area contributed by atoms with E-state index in [1.807, 2.05) is 18.7 Å². The van der Waals surface area contributed by atoms with Gasteiger partial charge in [-0.2, -0.15) is 0 Å². The molecule has 400 valence electrons. The van der Waals surface area contributed by atoms with Crippen LogP contribution in [-0.4, -0.2) is 96.4 Å². The fourth-order valence-electron chi connectivity index (χ4n) is 9.32. The number of aromatic nitrogens is 4. The predicted molar refractivity (Wildman–Crippen MR) is 279 cm³/mol. The van der Waals surface area contributed by atoms with Gasteiger partial charge in [-0.1, -0.05) is 0 Å². The first-order valence-electron chi connectivity index (χ1n) is 25.9. The van der Waals surface area contributed by atoms with Gasteiger partial charge in [0, 0.05) is 104 Å². The van der Waals surface area contributed by atoms with Gasteiger partial charge >= 0.3 is 0 Å². The Hall–Kier alpha value is -6.31. The summed E-state index contributed by atoms with van der Waals surface area (Å²) in [6.07, 6.45) is 17.7. The number of nitrogens with zero attached hydrogens (tertiary/aromatic N) is 5. The number of hydrogen-bond donors (Lipinski definition) is 5. The van der Waals surface area contributed by atoms with Crippen LogP contribution in [0.3, 0.4) is 0 Å². The van der Waals surface area contributed by atoms with Crippen LogP contribution in [-0.2, 0) is 39.1 Å². The number of pyridine rings is 2. The van der Waals surface area contributed by atoms with Gasteiger partial charge in [0.1, 0.15) is 48.0 Å². The van der Waals surface area contributed by atoms with E-state index >= 15 is 4.39 Å². The molecule has 4 aliphatic rings. The number of ether oxygens (including phenoxy) is 2. The number of ketones is 2. The van der Waals surface area contributed by atoms with Crippen molar-refractivity contribution in [2.24, 2.45) is 0 Å². The lowest BCUT2D eigenvalue weighted by molar-refractivity contribution is 0.0833. The Morgan fingerprint density at radius 2 is 1.28 bits per heavy atom. The summed E-state index contributed by atoms with van der Waals surface area (Å²) >= 11 is 5.51. The highest BCUT2D eigenvalue weighted by molar-refractivity contribution is 6.18. The summed E-state index contributed by atoms with van der Waals surface area (Å²) in [6, 6.07) is 10.8. The van der Waals surface area contributed by atoms with Crippen LogP contribution in [0, 0.1) is 25.5 Å². The largest absolute Gasteiger partial charge is 0.485 e. The molecule has 4 aromatic heterocycles. The second-order valence-electron chi connectivity index (χ2n) is 19.6. The summed E-state index contributed by atoms with van der Waals surface area (Å²) in [5.74, 6) is 3.41. The number of aliphatic hydroxyl groups excluding tert-OH is 2. The van der Waals surface area contributed by atoms with E-state index in [-0.39, 0.29) is 48.7 Å². The number of alkyl halides is 1. The zero-order chi connectivity index (χ0) is 52.7. The molecule has 2 aromatic carbocycles. The number of hydrogen-bond acceptors (Lipinski definition) is 16. The number of anilines is 2. The standard InChI is InChI=1S/C28H33FN4O4.C14H19ClN2O2.C14H15FN2O2/c1-18-23-8-10-33(15-24(23)25(29)12-27(18)36-16-22-13-30-17-37-22)14-21(34)5-6-26(35)19-7-9-31-28(11-19)32-20-3-2-4-20;15-9-12(18)4-5-13(19)10-6-7-16-14(8-10)17-11-2-1-3-11;1-9-11-2-3-16-6-12(11)13(15)4-14(9)18-7-10-5-17-8-19-10/h7,9,11-13,17,20-21,34H,2-6,8,10,14-16H2,1H3,(H,31,32);6-8,11-12,18H,1-5,9H2,(H,16,17);4-5,8,16H,2-3,6-7H2,1H3/t21-;12-;/m00./s1. The van der Waals surface area contributed by atoms with Crippen LogP contribution in [0.15, 0.2) is 82.8 Å². The number of nitrogens with one attached hydrogen (secondary N) is 3. The molecule has 2 saturated carbocycles. The van der Waals surface area contributed by atoms with Crippen LogP contribution in [0.2, 0.25) is 0 Å². The monoisotopic (exact) mass is 1050 g/mol. The van der Waals surface area contributed by atoms with E-state index in [1.54, 1.807) is 49.1 Å². The third-order valence-corrected chi connectivity index (χ3v) is 14.6. The Morgan fingerprint density at radius 1 is 0.760 bits per heavy atom. The molecule has 0 radical (unpaired) electrons. The van der Waals surface area contributed by atoms with Gasteiger partial charge in [-0.25, -0.2) is 28.7 Å². The average Bonchev–Trinajstić information content (AvgIpc) is 4.14. The number of benzene rings is 2. The molecule has 0 bridgehead atoms. The minimum absolute atomic E-state index is 0.0124. The number of fused-ring (bicyclic) bond motifs is 2. The minimum atomic E-state index is -0.673. The Kier molecular flexibility index (Phi) is 19.7. The van der Waals surface area contributed by atoms with Crippen LogP contribution in [0.4, 0.5) is 20.4 Å². The van der Waals surface area contributed by atoms with E-state index in [1.165, 1.54) is 50.6 Å². The molecule has 75 heavy (non-hydrogen) atoms. The molecular weight excluding hydrogens is 986 g/mol. The molecule has 16 nitrogen and oxygen atoms in total. The fraction of sp³-hybridized carbons (Fsp3) is 0.464. The van der Waals surface area contributed by atoms with E-state index in [9.17, 15) is 24.2 Å². The molecule has 6 heterocycles. The number of oxazole rings is 2. The maximum atomic E-state index is 15.0. The van der Waals surface area contributed by atoms with Gasteiger partial charge in [-0.3, -0.25) is 14.5 Å². The first-order chi connectivity index (χ1) is 36.4. The Balaban J connectivity index is 0.000000165. The van der Waals surface area contributed by atoms with Crippen molar-refractivity contribution in [2.75, 3.05) is 36.1 Å². The van der Waals surface area contributed by atoms with Gasteiger partial charge in [0.25, 0.3) is 0 Å². The molecule has 2 aliphatic heterocycles. The lowest BCUT2D eigenvalue weighted by atomic mass is 9.93. The summed E-state index contributed by atoms with van der Waals surface area (Å²) in [6.45, 7) is 7.32. The summed E-state index contributed by atoms with van der Waals surface area (Å²) in [7, 11) is 0. The maximum Gasteiger partial charge on any atom is 0.181 e. The molecule has 2 aliphatic carbocycles.